The predicted molar refractivity (Wildman–Crippen MR) is 106 cm³/mol. The molecule has 0 saturated carbocycles. The van der Waals surface area contributed by atoms with E-state index in [1.807, 2.05) is 0 Å². The highest BCUT2D eigenvalue weighted by Gasteiger charge is 2.08. The molecule has 1 amide bonds. The van der Waals surface area contributed by atoms with Crippen LogP contribution in [0, 0.1) is 0 Å². The van der Waals surface area contributed by atoms with Crippen molar-refractivity contribution in [1.82, 2.24) is 5.43 Å². The first-order valence-electron chi connectivity index (χ1n) is 8.23. The van der Waals surface area contributed by atoms with Crippen LogP contribution in [-0.2, 0) is 4.79 Å². The Hall–Kier alpha value is -3.64. The number of esters is 1. The van der Waals surface area contributed by atoms with E-state index in [-0.39, 0.29) is 0 Å². The summed E-state index contributed by atoms with van der Waals surface area (Å²) in [6.07, 6.45) is 5.73. The first-order chi connectivity index (χ1) is 13.6. The molecule has 0 bridgehead atoms. The SMILES string of the molecule is O=C(C=Cc1ccco1)Oc1cccc(C=NNC(=O)c2ccccc2Cl)c1. The van der Waals surface area contributed by atoms with Gasteiger partial charge in [-0.2, -0.15) is 5.10 Å². The Balaban J connectivity index is 1.58. The molecule has 0 aliphatic heterocycles. The van der Waals surface area contributed by atoms with E-state index in [0.717, 1.165) is 0 Å². The Bertz CT molecular complexity index is 1030. The standard InChI is InChI=1S/C21H15ClN2O4/c22-19-9-2-1-8-18(19)21(26)24-23-14-15-5-3-6-17(13-15)28-20(25)11-10-16-7-4-12-27-16/h1-14H,(H,24,26). The first kappa shape index (κ1) is 19.1. The molecule has 0 aliphatic carbocycles. The van der Waals surface area contributed by atoms with Crippen LogP contribution in [0.15, 0.2) is 82.5 Å². The molecule has 7 heteroatoms. The second kappa shape index (κ2) is 9.34. The number of furan rings is 1. The van der Waals surface area contributed by atoms with E-state index in [9.17, 15) is 9.59 Å². The topological polar surface area (TPSA) is 80.9 Å². The molecule has 0 unspecified atom stereocenters. The van der Waals surface area contributed by atoms with Gasteiger partial charge in [0.2, 0.25) is 0 Å². The molecule has 140 valence electrons. The number of amides is 1. The second-order valence-corrected chi connectivity index (χ2v) is 5.93. The van der Waals surface area contributed by atoms with Crippen LogP contribution in [-0.4, -0.2) is 18.1 Å². The predicted octanol–water partition coefficient (Wildman–Crippen LogP) is 4.32. The van der Waals surface area contributed by atoms with Gasteiger partial charge in [0.15, 0.2) is 0 Å². The van der Waals surface area contributed by atoms with Gasteiger partial charge in [0, 0.05) is 6.08 Å². The summed E-state index contributed by atoms with van der Waals surface area (Å²) in [7, 11) is 0. The fourth-order valence-electron chi connectivity index (χ4n) is 2.22. The van der Waals surface area contributed by atoms with E-state index in [4.69, 9.17) is 20.8 Å². The number of carbonyl (C=O) groups excluding carboxylic acids is 2. The first-order valence-corrected chi connectivity index (χ1v) is 8.61. The van der Waals surface area contributed by atoms with Crippen molar-refractivity contribution in [3.63, 3.8) is 0 Å². The Labute approximate surface area is 166 Å². The summed E-state index contributed by atoms with van der Waals surface area (Å²) in [5, 5.41) is 4.24. The number of benzene rings is 2. The lowest BCUT2D eigenvalue weighted by molar-refractivity contribution is -0.128. The Morgan fingerprint density at radius 1 is 1.07 bits per heavy atom. The number of hydrazone groups is 1. The third-order valence-corrected chi connectivity index (χ3v) is 3.83. The molecule has 0 aliphatic rings. The summed E-state index contributed by atoms with van der Waals surface area (Å²) in [5.74, 6) is -0.0763. The van der Waals surface area contributed by atoms with Crippen LogP contribution in [0.1, 0.15) is 21.7 Å². The van der Waals surface area contributed by atoms with Gasteiger partial charge in [-0.1, -0.05) is 35.9 Å². The molecule has 0 saturated heterocycles. The summed E-state index contributed by atoms with van der Waals surface area (Å²) in [4.78, 5) is 23.9. The minimum Gasteiger partial charge on any atom is -0.465 e. The van der Waals surface area contributed by atoms with Gasteiger partial charge >= 0.3 is 5.97 Å². The number of hydrogen-bond donors (Lipinski definition) is 1. The van der Waals surface area contributed by atoms with Crippen LogP contribution in [0.3, 0.4) is 0 Å². The van der Waals surface area contributed by atoms with Crippen LogP contribution in [0.25, 0.3) is 6.08 Å². The molecule has 3 aromatic rings. The lowest BCUT2D eigenvalue weighted by Gasteiger charge is -2.03. The van der Waals surface area contributed by atoms with E-state index in [0.29, 0.717) is 27.7 Å². The molecule has 3 rings (SSSR count). The van der Waals surface area contributed by atoms with Crippen LogP contribution >= 0.6 is 11.6 Å². The van der Waals surface area contributed by atoms with Crippen molar-refractivity contribution in [2.75, 3.05) is 0 Å². The van der Waals surface area contributed by atoms with Crippen molar-refractivity contribution in [2.24, 2.45) is 5.10 Å². The van der Waals surface area contributed by atoms with Crippen molar-refractivity contribution in [1.29, 1.82) is 0 Å². The maximum Gasteiger partial charge on any atom is 0.336 e. The molecule has 6 nitrogen and oxygen atoms in total. The fraction of sp³-hybridized carbons (Fsp3) is 0. The molecular weight excluding hydrogens is 380 g/mol. The second-order valence-electron chi connectivity index (χ2n) is 5.52. The van der Waals surface area contributed by atoms with E-state index < -0.39 is 11.9 Å². The van der Waals surface area contributed by atoms with Gasteiger partial charge in [-0.15, -0.1) is 0 Å². The Kier molecular flexibility index (Phi) is 6.38. The highest BCUT2D eigenvalue weighted by Crippen LogP contribution is 2.15. The zero-order valence-electron chi connectivity index (χ0n) is 14.5. The normalized spacial score (nSPS) is 11.0. The average Bonchev–Trinajstić information content (AvgIpc) is 3.21. The van der Waals surface area contributed by atoms with Crippen molar-refractivity contribution >= 4 is 35.8 Å². The molecule has 1 aromatic heterocycles. The van der Waals surface area contributed by atoms with E-state index in [1.165, 1.54) is 24.6 Å². The lowest BCUT2D eigenvalue weighted by atomic mass is 10.2. The largest absolute Gasteiger partial charge is 0.465 e. The van der Waals surface area contributed by atoms with Gasteiger partial charge in [0.1, 0.15) is 11.5 Å². The average molecular weight is 395 g/mol. The maximum atomic E-state index is 12.0. The van der Waals surface area contributed by atoms with E-state index in [2.05, 4.69) is 10.5 Å². The van der Waals surface area contributed by atoms with Crippen molar-refractivity contribution < 1.29 is 18.7 Å². The van der Waals surface area contributed by atoms with E-state index in [1.54, 1.807) is 60.7 Å². The van der Waals surface area contributed by atoms with Crippen molar-refractivity contribution in [3.8, 4) is 5.75 Å². The van der Waals surface area contributed by atoms with Crippen LogP contribution in [0.5, 0.6) is 5.75 Å². The Morgan fingerprint density at radius 2 is 1.93 bits per heavy atom. The summed E-state index contributed by atoms with van der Waals surface area (Å²) >= 11 is 5.97. The van der Waals surface area contributed by atoms with Gasteiger partial charge in [-0.3, -0.25) is 4.79 Å². The van der Waals surface area contributed by atoms with Crippen LogP contribution in [0.4, 0.5) is 0 Å². The summed E-state index contributed by atoms with van der Waals surface area (Å²) in [5.41, 5.74) is 3.37. The number of nitrogens with one attached hydrogen (secondary N) is 1. The molecular formula is C21H15ClN2O4. The molecule has 1 heterocycles. The smallest absolute Gasteiger partial charge is 0.336 e. The van der Waals surface area contributed by atoms with Crippen LogP contribution < -0.4 is 10.2 Å². The highest BCUT2D eigenvalue weighted by atomic mass is 35.5. The number of ether oxygens (including phenoxy) is 1. The number of rotatable bonds is 6. The number of hydrogen-bond acceptors (Lipinski definition) is 5. The molecule has 1 N–H and O–H groups in total. The van der Waals surface area contributed by atoms with Crippen molar-refractivity contribution in [3.05, 3.63) is 94.9 Å². The highest BCUT2D eigenvalue weighted by molar-refractivity contribution is 6.33. The fourth-order valence-corrected chi connectivity index (χ4v) is 2.44. The minimum absolute atomic E-state index is 0.326. The van der Waals surface area contributed by atoms with Gasteiger partial charge in [0.05, 0.1) is 23.1 Å². The van der Waals surface area contributed by atoms with Gasteiger partial charge in [-0.05, 0) is 48.0 Å². The number of nitrogens with zero attached hydrogens (tertiary/aromatic N) is 1. The molecule has 2 aromatic carbocycles. The third-order valence-electron chi connectivity index (χ3n) is 3.50. The quantitative estimate of drug-likeness (QED) is 0.222. The van der Waals surface area contributed by atoms with Gasteiger partial charge in [0.25, 0.3) is 5.91 Å². The summed E-state index contributed by atoms with van der Waals surface area (Å²) in [6.45, 7) is 0. The molecule has 28 heavy (non-hydrogen) atoms. The number of carbonyl (C=O) groups is 2. The zero-order chi connectivity index (χ0) is 19.8. The maximum absolute atomic E-state index is 12.0. The van der Waals surface area contributed by atoms with Crippen molar-refractivity contribution in [2.45, 2.75) is 0 Å². The Morgan fingerprint density at radius 3 is 2.71 bits per heavy atom. The zero-order valence-corrected chi connectivity index (χ0v) is 15.3. The van der Waals surface area contributed by atoms with E-state index >= 15 is 0 Å². The van der Waals surface area contributed by atoms with Gasteiger partial charge in [-0.25, -0.2) is 10.2 Å². The molecule has 0 atom stereocenters. The summed E-state index contributed by atoms with van der Waals surface area (Å²) in [6, 6.07) is 16.8. The molecule has 0 fully saturated rings. The monoisotopic (exact) mass is 394 g/mol. The van der Waals surface area contributed by atoms with Crippen LogP contribution in [0.2, 0.25) is 5.02 Å². The third kappa shape index (κ3) is 5.43. The summed E-state index contributed by atoms with van der Waals surface area (Å²) < 4.78 is 10.3. The molecule has 0 spiro atoms. The minimum atomic E-state index is -0.544. The molecule has 0 radical (unpaired) electrons. The lowest BCUT2D eigenvalue weighted by Crippen LogP contribution is -2.17. The van der Waals surface area contributed by atoms with Gasteiger partial charge < -0.3 is 9.15 Å². The number of halogens is 1.